The number of rotatable bonds is 4. The second kappa shape index (κ2) is 4.79. The molecular formula is C10H16N2O2. The number of hydrogen-bond acceptors (Lipinski definition) is 2. The lowest BCUT2D eigenvalue weighted by atomic mass is 10.2. The summed E-state index contributed by atoms with van der Waals surface area (Å²) in [6.45, 7) is 3.83. The maximum Gasteiger partial charge on any atom is 0.332 e. The topological polar surface area (TPSA) is 54.9 Å². The zero-order valence-corrected chi connectivity index (χ0v) is 8.67. The third-order valence-corrected chi connectivity index (χ3v) is 2.14. The summed E-state index contributed by atoms with van der Waals surface area (Å²) < 4.78 is 1.16. The molecule has 1 N–H and O–H groups in total. The lowest BCUT2D eigenvalue weighted by Crippen LogP contribution is -2.22. The van der Waals surface area contributed by atoms with E-state index < -0.39 is 0 Å². The fraction of sp³-hybridized carbons (Fsp3) is 0.600. The molecule has 0 fully saturated rings. The number of unbranched alkanes of at least 4 members (excludes halogenated alkanes) is 1. The van der Waals surface area contributed by atoms with Gasteiger partial charge in [-0.15, -0.1) is 0 Å². The second-order valence-corrected chi connectivity index (χ2v) is 3.31. The Labute approximate surface area is 82.9 Å². The van der Waals surface area contributed by atoms with Crippen LogP contribution < -0.4 is 5.69 Å². The molecule has 0 saturated carbocycles. The molecule has 0 bridgehead atoms. The molecule has 4 heteroatoms. The van der Waals surface area contributed by atoms with Crippen LogP contribution >= 0.6 is 0 Å². The molecule has 78 valence electrons. The average Bonchev–Trinajstić information content (AvgIpc) is 2.55. The van der Waals surface area contributed by atoms with Crippen LogP contribution in [0.15, 0.2) is 11.0 Å². The number of imidazole rings is 1. The van der Waals surface area contributed by atoms with E-state index in [1.165, 1.54) is 0 Å². The predicted molar refractivity (Wildman–Crippen MR) is 54.6 cm³/mol. The number of carbonyl (C=O) groups is 1. The third kappa shape index (κ3) is 2.34. The molecule has 0 amide bonds. The van der Waals surface area contributed by atoms with Crippen molar-refractivity contribution in [3.8, 4) is 0 Å². The Bertz CT molecular complexity index is 362. The lowest BCUT2D eigenvalue weighted by molar-refractivity contribution is 0.0905. The summed E-state index contributed by atoms with van der Waals surface area (Å²) in [7, 11) is 0. The van der Waals surface area contributed by atoms with Gasteiger partial charge in [0, 0.05) is 18.3 Å². The molecule has 0 radical (unpaired) electrons. The van der Waals surface area contributed by atoms with E-state index in [-0.39, 0.29) is 11.6 Å². The molecule has 0 aliphatic rings. The van der Waals surface area contributed by atoms with E-state index in [0.717, 1.165) is 29.5 Å². The first-order valence-electron chi connectivity index (χ1n) is 5.02. The zero-order valence-electron chi connectivity index (χ0n) is 8.67. The van der Waals surface area contributed by atoms with Gasteiger partial charge in [-0.05, 0) is 12.8 Å². The predicted octanol–water partition coefficient (Wildman–Crippen LogP) is 1.57. The quantitative estimate of drug-likeness (QED) is 0.794. The van der Waals surface area contributed by atoms with Gasteiger partial charge in [-0.25, -0.2) is 9.36 Å². The average molecular weight is 196 g/mol. The zero-order chi connectivity index (χ0) is 10.6. The number of aromatic nitrogens is 2. The van der Waals surface area contributed by atoms with Crippen LogP contribution in [0.2, 0.25) is 0 Å². The van der Waals surface area contributed by atoms with Crippen molar-refractivity contribution in [1.29, 1.82) is 0 Å². The Hall–Kier alpha value is -1.32. The molecule has 0 aromatic carbocycles. The summed E-state index contributed by atoms with van der Waals surface area (Å²) in [5.41, 5.74) is 0.529. The van der Waals surface area contributed by atoms with E-state index in [9.17, 15) is 9.59 Å². The second-order valence-electron chi connectivity index (χ2n) is 3.31. The Kier molecular flexibility index (Phi) is 3.68. The Morgan fingerprint density at radius 1 is 1.50 bits per heavy atom. The summed E-state index contributed by atoms with van der Waals surface area (Å²) in [5, 5.41) is 0. The van der Waals surface area contributed by atoms with Gasteiger partial charge in [-0.2, -0.15) is 0 Å². The minimum Gasteiger partial charge on any atom is -0.309 e. The minimum atomic E-state index is -0.317. The highest BCUT2D eigenvalue weighted by molar-refractivity contribution is 5.78. The molecular weight excluding hydrogens is 180 g/mol. The first-order valence-corrected chi connectivity index (χ1v) is 5.02. The molecule has 0 atom stereocenters. The highest BCUT2D eigenvalue weighted by Crippen LogP contribution is 2.00. The monoisotopic (exact) mass is 196 g/mol. The maximum absolute atomic E-state index is 11.3. The Balaban J connectivity index is 2.82. The number of H-pyrrole nitrogens is 1. The SMILES string of the molecule is CCCCc1cn(C(=O)CC)c(=O)[nH]1. The van der Waals surface area contributed by atoms with Gasteiger partial charge in [0.1, 0.15) is 0 Å². The standard InChI is InChI=1S/C10H16N2O2/c1-3-5-6-8-7-12(9(13)4-2)10(14)11-8/h7H,3-6H2,1-2H3,(H,11,14). The van der Waals surface area contributed by atoms with Crippen molar-refractivity contribution in [2.45, 2.75) is 39.5 Å². The van der Waals surface area contributed by atoms with Crippen LogP contribution in [0.1, 0.15) is 43.6 Å². The maximum atomic E-state index is 11.3. The minimum absolute atomic E-state index is 0.158. The van der Waals surface area contributed by atoms with Crippen molar-refractivity contribution in [3.05, 3.63) is 22.4 Å². The highest BCUT2D eigenvalue weighted by atomic mass is 16.2. The summed E-state index contributed by atoms with van der Waals surface area (Å²) in [5.74, 6) is -0.158. The van der Waals surface area contributed by atoms with E-state index in [4.69, 9.17) is 0 Å². The molecule has 0 aliphatic carbocycles. The largest absolute Gasteiger partial charge is 0.332 e. The smallest absolute Gasteiger partial charge is 0.309 e. The molecule has 0 aliphatic heterocycles. The first-order chi connectivity index (χ1) is 6.69. The van der Waals surface area contributed by atoms with Crippen molar-refractivity contribution in [3.63, 3.8) is 0 Å². The van der Waals surface area contributed by atoms with E-state index in [0.29, 0.717) is 6.42 Å². The van der Waals surface area contributed by atoms with Crippen molar-refractivity contribution in [2.75, 3.05) is 0 Å². The van der Waals surface area contributed by atoms with Crippen LogP contribution in [-0.2, 0) is 6.42 Å². The summed E-state index contributed by atoms with van der Waals surface area (Å²) >= 11 is 0. The fourth-order valence-corrected chi connectivity index (χ4v) is 1.29. The van der Waals surface area contributed by atoms with Gasteiger partial charge in [-0.1, -0.05) is 20.3 Å². The van der Waals surface area contributed by atoms with E-state index in [1.54, 1.807) is 13.1 Å². The van der Waals surface area contributed by atoms with Crippen LogP contribution in [0.25, 0.3) is 0 Å². The van der Waals surface area contributed by atoms with Crippen LogP contribution in [0, 0.1) is 0 Å². The number of carbonyl (C=O) groups excluding carboxylic acids is 1. The van der Waals surface area contributed by atoms with Crippen LogP contribution in [0.5, 0.6) is 0 Å². The third-order valence-electron chi connectivity index (χ3n) is 2.14. The van der Waals surface area contributed by atoms with Gasteiger partial charge >= 0.3 is 5.69 Å². The van der Waals surface area contributed by atoms with Gasteiger partial charge in [0.05, 0.1) is 0 Å². The number of aromatic amines is 1. The van der Waals surface area contributed by atoms with E-state index in [2.05, 4.69) is 11.9 Å². The van der Waals surface area contributed by atoms with Crippen molar-refractivity contribution in [2.24, 2.45) is 0 Å². The number of nitrogens with zero attached hydrogens (tertiary/aromatic N) is 1. The molecule has 1 aromatic rings. The number of hydrogen-bond donors (Lipinski definition) is 1. The lowest BCUT2D eigenvalue weighted by Gasteiger charge is -1.94. The molecule has 1 heterocycles. The van der Waals surface area contributed by atoms with Gasteiger partial charge in [-0.3, -0.25) is 4.79 Å². The van der Waals surface area contributed by atoms with Crippen LogP contribution in [-0.4, -0.2) is 15.5 Å². The normalized spacial score (nSPS) is 10.4. The highest BCUT2D eigenvalue weighted by Gasteiger charge is 2.07. The molecule has 0 saturated heterocycles. The molecule has 14 heavy (non-hydrogen) atoms. The summed E-state index contributed by atoms with van der Waals surface area (Å²) in [6.07, 6.45) is 4.90. The number of nitrogens with one attached hydrogen (secondary N) is 1. The van der Waals surface area contributed by atoms with Crippen LogP contribution in [0.4, 0.5) is 0 Å². The molecule has 1 aromatic heterocycles. The molecule has 0 unspecified atom stereocenters. The van der Waals surface area contributed by atoms with Crippen LogP contribution in [0.3, 0.4) is 0 Å². The molecule has 1 rings (SSSR count). The summed E-state index contributed by atoms with van der Waals surface area (Å²) in [6, 6.07) is 0. The van der Waals surface area contributed by atoms with Crippen molar-refractivity contribution in [1.82, 2.24) is 9.55 Å². The van der Waals surface area contributed by atoms with Crippen molar-refractivity contribution < 1.29 is 4.79 Å². The fourth-order valence-electron chi connectivity index (χ4n) is 1.29. The van der Waals surface area contributed by atoms with E-state index in [1.807, 2.05) is 0 Å². The van der Waals surface area contributed by atoms with Gasteiger partial charge in [0.2, 0.25) is 5.91 Å². The Morgan fingerprint density at radius 2 is 2.21 bits per heavy atom. The van der Waals surface area contributed by atoms with E-state index >= 15 is 0 Å². The molecule has 4 nitrogen and oxygen atoms in total. The van der Waals surface area contributed by atoms with Gasteiger partial charge in [0.15, 0.2) is 0 Å². The molecule has 0 spiro atoms. The van der Waals surface area contributed by atoms with Crippen molar-refractivity contribution >= 4 is 5.91 Å². The first kappa shape index (κ1) is 10.8. The van der Waals surface area contributed by atoms with Gasteiger partial charge < -0.3 is 4.98 Å². The summed E-state index contributed by atoms with van der Waals surface area (Å²) in [4.78, 5) is 25.2. The Morgan fingerprint density at radius 3 is 2.79 bits per heavy atom. The van der Waals surface area contributed by atoms with Gasteiger partial charge in [0.25, 0.3) is 0 Å². The number of aryl methyl sites for hydroxylation is 1.